The molecule has 3 rings (SSSR count). The zero-order valence-electron chi connectivity index (χ0n) is 12.9. The number of nitrogens with two attached hydrogens (primary N) is 1. The first-order chi connectivity index (χ1) is 11.9. The SMILES string of the molecule is NC(=O)[C@H]1COCCN1c1cc(C(F)(F)F)nc(-c2ccccn2)n1. The molecule has 2 aromatic heterocycles. The van der Waals surface area contributed by atoms with Gasteiger partial charge < -0.3 is 15.4 Å². The molecular weight excluding hydrogens is 339 g/mol. The summed E-state index contributed by atoms with van der Waals surface area (Å²) >= 11 is 0. The molecule has 2 aromatic rings. The van der Waals surface area contributed by atoms with Crippen LogP contribution in [0.3, 0.4) is 0 Å². The minimum absolute atomic E-state index is 0.0143. The number of rotatable bonds is 3. The standard InChI is InChI=1S/C15H14F3N5O2/c16-15(17,18)11-7-12(23-5-6-25-8-10(23)13(19)24)22-14(21-11)9-3-1-2-4-20-9/h1-4,7,10H,5-6,8H2,(H2,19,24)/t10-/m1/s1. The van der Waals surface area contributed by atoms with Gasteiger partial charge in [-0.2, -0.15) is 13.2 Å². The fraction of sp³-hybridized carbons (Fsp3) is 0.333. The third-order valence-corrected chi connectivity index (χ3v) is 3.65. The van der Waals surface area contributed by atoms with Crippen LogP contribution >= 0.6 is 0 Å². The van der Waals surface area contributed by atoms with Gasteiger partial charge in [-0.1, -0.05) is 6.07 Å². The summed E-state index contributed by atoms with van der Waals surface area (Å²) in [5.41, 5.74) is 4.40. The first-order valence-electron chi connectivity index (χ1n) is 7.37. The summed E-state index contributed by atoms with van der Waals surface area (Å²) in [5, 5.41) is 0. The Bertz CT molecular complexity index is 770. The molecular formula is C15H14F3N5O2. The summed E-state index contributed by atoms with van der Waals surface area (Å²) in [7, 11) is 0. The Morgan fingerprint density at radius 2 is 2.12 bits per heavy atom. The first-order valence-corrected chi connectivity index (χ1v) is 7.37. The van der Waals surface area contributed by atoms with Crippen molar-refractivity contribution in [3.8, 4) is 11.5 Å². The molecule has 0 radical (unpaired) electrons. The molecule has 1 aliphatic heterocycles. The van der Waals surface area contributed by atoms with Crippen molar-refractivity contribution in [1.29, 1.82) is 0 Å². The lowest BCUT2D eigenvalue weighted by Gasteiger charge is -2.34. The quantitative estimate of drug-likeness (QED) is 0.892. The van der Waals surface area contributed by atoms with Crippen LogP contribution in [-0.4, -0.2) is 46.7 Å². The second-order valence-electron chi connectivity index (χ2n) is 5.33. The first kappa shape index (κ1) is 17.1. The van der Waals surface area contributed by atoms with Gasteiger partial charge in [0, 0.05) is 18.8 Å². The zero-order chi connectivity index (χ0) is 18.0. The second-order valence-corrected chi connectivity index (χ2v) is 5.33. The topological polar surface area (TPSA) is 94.2 Å². The van der Waals surface area contributed by atoms with E-state index in [0.717, 1.165) is 6.07 Å². The molecule has 1 atom stereocenters. The van der Waals surface area contributed by atoms with E-state index >= 15 is 0 Å². The van der Waals surface area contributed by atoms with Gasteiger partial charge in [0.05, 0.1) is 13.2 Å². The number of carbonyl (C=O) groups excluding carboxylic acids is 1. The maximum Gasteiger partial charge on any atom is 0.433 e. The van der Waals surface area contributed by atoms with Gasteiger partial charge >= 0.3 is 6.18 Å². The van der Waals surface area contributed by atoms with Crippen LogP contribution in [0.25, 0.3) is 11.5 Å². The van der Waals surface area contributed by atoms with Crippen molar-refractivity contribution in [2.75, 3.05) is 24.7 Å². The smallest absolute Gasteiger partial charge is 0.377 e. The zero-order valence-corrected chi connectivity index (χ0v) is 12.9. The number of hydrogen-bond donors (Lipinski definition) is 1. The maximum absolute atomic E-state index is 13.2. The molecule has 25 heavy (non-hydrogen) atoms. The Morgan fingerprint density at radius 1 is 1.32 bits per heavy atom. The minimum Gasteiger partial charge on any atom is -0.377 e. The fourth-order valence-electron chi connectivity index (χ4n) is 2.45. The monoisotopic (exact) mass is 353 g/mol. The number of halogens is 3. The lowest BCUT2D eigenvalue weighted by Crippen LogP contribution is -2.53. The van der Waals surface area contributed by atoms with E-state index in [9.17, 15) is 18.0 Å². The van der Waals surface area contributed by atoms with E-state index < -0.39 is 23.8 Å². The highest BCUT2D eigenvalue weighted by Gasteiger charge is 2.36. The van der Waals surface area contributed by atoms with Gasteiger partial charge in [0.15, 0.2) is 11.5 Å². The van der Waals surface area contributed by atoms with Crippen molar-refractivity contribution in [3.05, 3.63) is 36.2 Å². The number of primary amides is 1. The third kappa shape index (κ3) is 3.68. The molecule has 2 N–H and O–H groups in total. The molecule has 1 amide bonds. The second kappa shape index (κ2) is 6.63. The average molecular weight is 353 g/mol. The summed E-state index contributed by atoms with van der Waals surface area (Å²) in [6.07, 6.45) is -3.24. The number of anilines is 1. The van der Waals surface area contributed by atoms with E-state index in [0.29, 0.717) is 0 Å². The van der Waals surface area contributed by atoms with E-state index in [1.165, 1.54) is 17.2 Å². The molecule has 0 bridgehead atoms. The van der Waals surface area contributed by atoms with Crippen molar-refractivity contribution in [2.24, 2.45) is 5.73 Å². The number of amides is 1. The molecule has 1 saturated heterocycles. The predicted molar refractivity (Wildman–Crippen MR) is 81.4 cm³/mol. The lowest BCUT2D eigenvalue weighted by atomic mass is 10.2. The van der Waals surface area contributed by atoms with Crippen LogP contribution in [0.15, 0.2) is 30.5 Å². The van der Waals surface area contributed by atoms with Gasteiger partial charge in [0.25, 0.3) is 0 Å². The largest absolute Gasteiger partial charge is 0.433 e. The number of hydrogen-bond acceptors (Lipinski definition) is 6. The Balaban J connectivity index is 2.10. The van der Waals surface area contributed by atoms with Gasteiger partial charge in [0.2, 0.25) is 5.91 Å². The molecule has 10 heteroatoms. The highest BCUT2D eigenvalue weighted by Crippen LogP contribution is 2.32. The molecule has 0 unspecified atom stereocenters. The van der Waals surface area contributed by atoms with Crippen LogP contribution in [0.5, 0.6) is 0 Å². The number of aromatic nitrogens is 3. The molecule has 0 spiro atoms. The molecule has 7 nitrogen and oxygen atoms in total. The highest BCUT2D eigenvalue weighted by molar-refractivity contribution is 5.83. The Labute approximate surface area is 140 Å². The van der Waals surface area contributed by atoms with Crippen LogP contribution in [0.1, 0.15) is 5.69 Å². The summed E-state index contributed by atoms with van der Waals surface area (Å²) in [4.78, 5) is 24.7. The van der Waals surface area contributed by atoms with E-state index in [2.05, 4.69) is 15.0 Å². The van der Waals surface area contributed by atoms with Crippen molar-refractivity contribution < 1.29 is 22.7 Å². The Kier molecular flexibility index (Phi) is 4.53. The molecule has 0 saturated carbocycles. The van der Waals surface area contributed by atoms with Gasteiger partial charge in [0.1, 0.15) is 17.6 Å². The van der Waals surface area contributed by atoms with Gasteiger partial charge in [-0.25, -0.2) is 9.97 Å². The number of alkyl halides is 3. The van der Waals surface area contributed by atoms with Crippen molar-refractivity contribution in [3.63, 3.8) is 0 Å². The van der Waals surface area contributed by atoms with E-state index in [1.807, 2.05) is 0 Å². The molecule has 0 aromatic carbocycles. The van der Waals surface area contributed by atoms with Crippen molar-refractivity contribution >= 4 is 11.7 Å². The normalized spacial score (nSPS) is 18.2. The molecule has 1 fully saturated rings. The summed E-state index contributed by atoms with van der Waals surface area (Å²) in [6, 6.07) is 4.65. The number of morpholine rings is 1. The van der Waals surface area contributed by atoms with Crippen molar-refractivity contribution in [2.45, 2.75) is 12.2 Å². The number of pyridine rings is 1. The Hall–Kier alpha value is -2.75. The fourth-order valence-corrected chi connectivity index (χ4v) is 2.45. The maximum atomic E-state index is 13.2. The third-order valence-electron chi connectivity index (χ3n) is 3.65. The summed E-state index contributed by atoms with van der Waals surface area (Å²) < 4.78 is 44.9. The van der Waals surface area contributed by atoms with Gasteiger partial charge in [-0.3, -0.25) is 9.78 Å². The van der Waals surface area contributed by atoms with Gasteiger partial charge in [-0.15, -0.1) is 0 Å². The van der Waals surface area contributed by atoms with Crippen LogP contribution in [0.4, 0.5) is 19.0 Å². The predicted octanol–water partition coefficient (Wildman–Crippen LogP) is 1.25. The average Bonchev–Trinajstić information content (AvgIpc) is 2.61. The minimum atomic E-state index is -4.67. The number of carbonyl (C=O) groups is 1. The van der Waals surface area contributed by atoms with Gasteiger partial charge in [-0.05, 0) is 12.1 Å². The lowest BCUT2D eigenvalue weighted by molar-refractivity contribution is -0.141. The van der Waals surface area contributed by atoms with E-state index in [4.69, 9.17) is 10.5 Å². The highest BCUT2D eigenvalue weighted by atomic mass is 19.4. The van der Waals surface area contributed by atoms with Crippen LogP contribution < -0.4 is 10.6 Å². The van der Waals surface area contributed by atoms with Crippen molar-refractivity contribution in [1.82, 2.24) is 15.0 Å². The number of nitrogens with zero attached hydrogens (tertiary/aromatic N) is 4. The van der Waals surface area contributed by atoms with Crippen LogP contribution in [0.2, 0.25) is 0 Å². The summed E-state index contributed by atoms with van der Waals surface area (Å²) in [6.45, 7) is 0.414. The molecule has 132 valence electrons. The summed E-state index contributed by atoms with van der Waals surface area (Å²) in [5.74, 6) is -0.929. The van der Waals surface area contributed by atoms with Crippen LogP contribution in [-0.2, 0) is 15.7 Å². The van der Waals surface area contributed by atoms with Crippen LogP contribution in [0, 0.1) is 0 Å². The molecule has 1 aliphatic rings. The number of ether oxygens (including phenoxy) is 1. The van der Waals surface area contributed by atoms with E-state index in [-0.39, 0.29) is 37.1 Å². The molecule has 0 aliphatic carbocycles. The van der Waals surface area contributed by atoms with E-state index in [1.54, 1.807) is 12.1 Å². The molecule has 3 heterocycles. The Morgan fingerprint density at radius 3 is 2.76 bits per heavy atom.